The molecule has 0 amide bonds. The molecule has 0 aliphatic carbocycles. The Morgan fingerprint density at radius 1 is 1.03 bits per heavy atom. The number of carbonyl (C=O) groups is 2. The van der Waals surface area contributed by atoms with Crippen LogP contribution in [0.4, 0.5) is 0 Å². The molecule has 164 valence electrons. The van der Waals surface area contributed by atoms with Crippen LogP contribution in [0.25, 0.3) is 11.0 Å². The molecule has 3 rings (SSSR count). The monoisotopic (exact) mass is 558 g/mol. The van der Waals surface area contributed by atoms with Gasteiger partial charge in [0.1, 0.15) is 17.6 Å². The predicted molar refractivity (Wildman–Crippen MR) is 115 cm³/mol. The number of ether oxygens (including phenoxy) is 2. The van der Waals surface area contributed by atoms with E-state index in [0.29, 0.717) is 14.7 Å². The Morgan fingerprint density at radius 3 is 2.10 bits per heavy atom. The Bertz CT molecular complexity index is 1200. The molecule has 2 aromatic carbocycles. The maximum Gasteiger partial charge on any atom is 0.308 e. The third-order valence-corrected chi connectivity index (χ3v) is 5.54. The zero-order chi connectivity index (χ0) is 23.2. The van der Waals surface area contributed by atoms with Crippen molar-refractivity contribution < 1.29 is 43.9 Å². The van der Waals surface area contributed by atoms with Crippen LogP contribution < -0.4 is 9.47 Å². The highest BCUT2D eigenvalue weighted by Crippen LogP contribution is 2.53. The number of hydrogen-bond donors (Lipinski definition) is 4. The molecule has 9 nitrogen and oxygen atoms in total. The Hall–Kier alpha value is -2.76. The van der Waals surface area contributed by atoms with Gasteiger partial charge in [-0.05, 0) is 50.9 Å². The van der Waals surface area contributed by atoms with Crippen LogP contribution in [0.15, 0.2) is 25.5 Å². The fourth-order valence-electron chi connectivity index (χ4n) is 3.07. The Balaban J connectivity index is 2.35. The van der Waals surface area contributed by atoms with Gasteiger partial charge in [0.05, 0.1) is 27.0 Å². The van der Waals surface area contributed by atoms with Crippen molar-refractivity contribution in [2.75, 3.05) is 7.11 Å². The molecule has 1 unspecified atom stereocenters. The number of hydrogen-bond acceptors (Lipinski definition) is 9. The first-order chi connectivity index (χ1) is 14.5. The van der Waals surface area contributed by atoms with Crippen LogP contribution >= 0.6 is 31.9 Å². The quantitative estimate of drug-likeness (QED) is 0.118. The van der Waals surface area contributed by atoms with E-state index in [1.165, 1.54) is 26.2 Å². The first kappa shape index (κ1) is 22.9. The maximum atomic E-state index is 13.4. The number of phenols is 3. The lowest BCUT2D eigenvalue weighted by Gasteiger charge is -2.11. The van der Waals surface area contributed by atoms with E-state index in [2.05, 4.69) is 31.9 Å². The molecule has 0 saturated carbocycles. The summed E-state index contributed by atoms with van der Waals surface area (Å²) in [6.07, 6.45) is -1.32. The Kier molecular flexibility index (Phi) is 6.21. The zero-order valence-electron chi connectivity index (χ0n) is 16.3. The molecule has 0 radical (unpaired) electrons. The first-order valence-electron chi connectivity index (χ1n) is 8.66. The molecular weight excluding hydrogens is 544 g/mol. The summed E-state index contributed by atoms with van der Waals surface area (Å²) in [5.41, 5.74) is -0.615. The highest BCUT2D eigenvalue weighted by Gasteiger charge is 2.33. The highest BCUT2D eigenvalue weighted by atomic mass is 79.9. The number of aromatic hydroxyl groups is 3. The van der Waals surface area contributed by atoms with Crippen molar-refractivity contribution in [3.63, 3.8) is 0 Å². The van der Waals surface area contributed by atoms with Gasteiger partial charge in [-0.15, -0.1) is 0 Å². The number of carbonyl (C=O) groups excluding carboxylic acids is 2. The number of methoxy groups -OCH3 is 1. The SMILES string of the molecule is COc1c(Br)cc(C(=O)c2c(C(C)O)oc3c(O)c(OC(C)=O)c(O)c(O)c23)cc1Br. The second-order valence-electron chi connectivity index (χ2n) is 6.49. The van der Waals surface area contributed by atoms with Gasteiger partial charge in [-0.3, -0.25) is 9.59 Å². The van der Waals surface area contributed by atoms with Crippen molar-refractivity contribution in [3.05, 3.63) is 38.0 Å². The van der Waals surface area contributed by atoms with Crippen molar-refractivity contribution in [2.45, 2.75) is 20.0 Å². The van der Waals surface area contributed by atoms with E-state index in [1.54, 1.807) is 0 Å². The van der Waals surface area contributed by atoms with Gasteiger partial charge < -0.3 is 34.3 Å². The van der Waals surface area contributed by atoms with E-state index in [0.717, 1.165) is 6.92 Å². The fraction of sp³-hybridized carbons (Fsp3) is 0.200. The molecule has 1 atom stereocenters. The van der Waals surface area contributed by atoms with Crippen molar-refractivity contribution >= 4 is 54.6 Å². The van der Waals surface area contributed by atoms with Gasteiger partial charge in [0, 0.05) is 12.5 Å². The molecule has 0 saturated heterocycles. The molecule has 4 N–H and O–H groups in total. The van der Waals surface area contributed by atoms with Crippen LogP contribution in [-0.4, -0.2) is 39.3 Å². The third kappa shape index (κ3) is 3.84. The lowest BCUT2D eigenvalue weighted by molar-refractivity contribution is -0.132. The van der Waals surface area contributed by atoms with Crippen LogP contribution in [0, 0.1) is 0 Å². The number of phenolic OH excluding ortho intramolecular Hbond substituents is 3. The molecule has 0 spiro atoms. The zero-order valence-corrected chi connectivity index (χ0v) is 19.5. The maximum absolute atomic E-state index is 13.4. The first-order valence-corrected chi connectivity index (χ1v) is 10.3. The van der Waals surface area contributed by atoms with Gasteiger partial charge in [0.2, 0.25) is 17.2 Å². The van der Waals surface area contributed by atoms with Crippen LogP contribution in [0.3, 0.4) is 0 Å². The summed E-state index contributed by atoms with van der Waals surface area (Å²) in [5, 5.41) is 41.1. The molecule has 0 aliphatic rings. The number of rotatable bonds is 5. The molecule has 0 bridgehead atoms. The molecule has 1 heterocycles. The highest BCUT2D eigenvalue weighted by molar-refractivity contribution is 9.11. The fourth-order valence-corrected chi connectivity index (χ4v) is 4.58. The van der Waals surface area contributed by atoms with Gasteiger partial charge in [0.25, 0.3) is 0 Å². The Morgan fingerprint density at radius 2 is 1.61 bits per heavy atom. The van der Waals surface area contributed by atoms with Gasteiger partial charge >= 0.3 is 5.97 Å². The summed E-state index contributed by atoms with van der Waals surface area (Å²) < 4.78 is 16.3. The number of benzene rings is 2. The molecule has 0 aliphatic heterocycles. The minimum atomic E-state index is -1.32. The van der Waals surface area contributed by atoms with Crippen molar-refractivity contribution in [3.8, 4) is 28.7 Å². The number of aliphatic hydroxyl groups excluding tert-OH is 1. The lowest BCUT2D eigenvalue weighted by atomic mass is 9.97. The van der Waals surface area contributed by atoms with Crippen molar-refractivity contribution in [1.82, 2.24) is 0 Å². The standard InChI is InChI=1S/C20H16Br2O9/c1-6(23)17-11(13(25)8-4-9(21)18(29-3)10(22)5-8)12-14(26)15(27)20(30-7(2)24)16(28)19(12)31-17/h4-6,23,26-28H,1-3H3. The molecule has 3 aromatic rings. The third-order valence-electron chi connectivity index (χ3n) is 4.36. The second-order valence-corrected chi connectivity index (χ2v) is 8.20. The average molecular weight is 560 g/mol. The topological polar surface area (TPSA) is 147 Å². The molecule has 11 heteroatoms. The number of fused-ring (bicyclic) bond motifs is 1. The van der Waals surface area contributed by atoms with E-state index in [9.17, 15) is 30.0 Å². The summed E-state index contributed by atoms with van der Waals surface area (Å²) >= 11 is 6.60. The summed E-state index contributed by atoms with van der Waals surface area (Å²) in [6, 6.07) is 2.92. The number of ketones is 1. The lowest BCUT2D eigenvalue weighted by Crippen LogP contribution is -2.06. The van der Waals surface area contributed by atoms with Gasteiger partial charge in [0.15, 0.2) is 17.1 Å². The summed E-state index contributed by atoms with van der Waals surface area (Å²) in [4.78, 5) is 24.7. The van der Waals surface area contributed by atoms with Crippen LogP contribution in [0.2, 0.25) is 0 Å². The number of aliphatic hydroxyl groups is 1. The Labute approximate surface area is 192 Å². The molecule has 0 fully saturated rings. The van der Waals surface area contributed by atoms with Gasteiger partial charge in [-0.25, -0.2) is 0 Å². The largest absolute Gasteiger partial charge is 0.504 e. The normalized spacial score (nSPS) is 12.1. The van der Waals surface area contributed by atoms with E-state index in [4.69, 9.17) is 13.9 Å². The van der Waals surface area contributed by atoms with Crippen LogP contribution in [-0.2, 0) is 4.79 Å². The average Bonchev–Trinajstić information content (AvgIpc) is 3.09. The summed E-state index contributed by atoms with van der Waals surface area (Å²) in [7, 11) is 1.45. The van der Waals surface area contributed by atoms with Crippen LogP contribution in [0.1, 0.15) is 41.6 Å². The minimum absolute atomic E-state index is 0.117. The number of esters is 1. The molecule has 31 heavy (non-hydrogen) atoms. The summed E-state index contributed by atoms with van der Waals surface area (Å²) in [5.74, 6) is -4.79. The molecule has 1 aromatic heterocycles. The van der Waals surface area contributed by atoms with E-state index < -0.39 is 46.4 Å². The van der Waals surface area contributed by atoms with Crippen molar-refractivity contribution in [2.24, 2.45) is 0 Å². The van der Waals surface area contributed by atoms with E-state index in [-0.39, 0.29) is 22.3 Å². The second kappa shape index (κ2) is 8.40. The van der Waals surface area contributed by atoms with Crippen molar-refractivity contribution in [1.29, 1.82) is 0 Å². The number of furan rings is 1. The predicted octanol–water partition coefficient (Wildman–Crippen LogP) is 4.29. The number of halogens is 2. The summed E-state index contributed by atoms with van der Waals surface area (Å²) in [6.45, 7) is 2.34. The van der Waals surface area contributed by atoms with Crippen LogP contribution in [0.5, 0.6) is 28.7 Å². The smallest absolute Gasteiger partial charge is 0.308 e. The minimum Gasteiger partial charge on any atom is -0.504 e. The van der Waals surface area contributed by atoms with Gasteiger partial charge in [-0.2, -0.15) is 0 Å². The van der Waals surface area contributed by atoms with Gasteiger partial charge in [-0.1, -0.05) is 0 Å². The van der Waals surface area contributed by atoms with E-state index in [1.807, 2.05) is 0 Å². The van der Waals surface area contributed by atoms with E-state index >= 15 is 0 Å². The molecular formula is C20H16Br2O9.